The predicted octanol–water partition coefficient (Wildman–Crippen LogP) is 3.36. The number of hydrogen-bond acceptors (Lipinski definition) is 5. The highest BCUT2D eigenvalue weighted by molar-refractivity contribution is 5.78. The molecular weight excluding hydrogens is 380 g/mol. The van der Waals surface area contributed by atoms with Crippen molar-refractivity contribution >= 4 is 11.9 Å². The first-order valence-electron chi connectivity index (χ1n) is 10.2. The molecule has 0 bridgehead atoms. The summed E-state index contributed by atoms with van der Waals surface area (Å²) in [6.07, 6.45) is 0. The molecule has 0 heterocycles. The lowest BCUT2D eigenvalue weighted by atomic mass is 10.1. The van der Waals surface area contributed by atoms with Crippen LogP contribution in [0.4, 0.5) is 0 Å². The zero-order valence-electron chi connectivity index (χ0n) is 18.3. The normalized spacial score (nSPS) is 11.8. The van der Waals surface area contributed by atoms with Gasteiger partial charge in [0.2, 0.25) is 5.91 Å². The molecule has 1 atom stereocenters. The Morgan fingerprint density at radius 2 is 1.60 bits per heavy atom. The number of esters is 1. The van der Waals surface area contributed by atoms with Gasteiger partial charge in [0.25, 0.3) is 0 Å². The quantitative estimate of drug-likeness (QED) is 0.530. The Labute approximate surface area is 179 Å². The van der Waals surface area contributed by atoms with E-state index in [1.165, 1.54) is 7.11 Å². The summed E-state index contributed by atoms with van der Waals surface area (Å²) in [7, 11) is 3.18. The van der Waals surface area contributed by atoms with E-state index >= 15 is 0 Å². The highest BCUT2D eigenvalue weighted by atomic mass is 16.5. The average molecular weight is 413 g/mol. The van der Waals surface area contributed by atoms with E-state index in [0.717, 1.165) is 16.9 Å². The number of likely N-dealkylation sites (N-methyl/N-ethyl adjacent to an activating group) is 1. The van der Waals surface area contributed by atoms with Gasteiger partial charge in [-0.25, -0.2) is 0 Å². The number of carbonyl (C=O) groups is 2. The molecule has 0 radical (unpaired) electrons. The van der Waals surface area contributed by atoms with Crippen LogP contribution in [0.15, 0.2) is 54.6 Å². The first-order chi connectivity index (χ1) is 14.4. The molecule has 1 amide bonds. The van der Waals surface area contributed by atoms with E-state index in [0.29, 0.717) is 26.2 Å². The smallest absolute Gasteiger partial charge is 0.309 e. The molecule has 0 fully saturated rings. The Morgan fingerprint density at radius 3 is 2.20 bits per heavy atom. The maximum absolute atomic E-state index is 12.9. The summed E-state index contributed by atoms with van der Waals surface area (Å²) >= 11 is 0. The average Bonchev–Trinajstić information content (AvgIpc) is 2.75. The largest absolute Gasteiger partial charge is 0.494 e. The van der Waals surface area contributed by atoms with Gasteiger partial charge in [-0.15, -0.1) is 0 Å². The zero-order valence-corrected chi connectivity index (χ0v) is 18.3. The molecule has 2 aromatic carbocycles. The number of nitrogens with zero attached hydrogens (tertiary/aromatic N) is 2. The van der Waals surface area contributed by atoms with Gasteiger partial charge in [-0.1, -0.05) is 49.4 Å². The lowest BCUT2D eigenvalue weighted by Gasteiger charge is -2.27. The molecule has 2 aromatic rings. The second-order valence-electron chi connectivity index (χ2n) is 7.41. The van der Waals surface area contributed by atoms with Crippen molar-refractivity contribution in [3.05, 3.63) is 65.7 Å². The minimum atomic E-state index is -0.317. The van der Waals surface area contributed by atoms with Gasteiger partial charge >= 0.3 is 5.97 Å². The van der Waals surface area contributed by atoms with Gasteiger partial charge in [0, 0.05) is 26.7 Å². The van der Waals surface area contributed by atoms with Crippen molar-refractivity contribution in [1.29, 1.82) is 0 Å². The Morgan fingerprint density at radius 1 is 0.967 bits per heavy atom. The first kappa shape index (κ1) is 23.4. The lowest BCUT2D eigenvalue weighted by molar-refractivity contribution is -0.146. The van der Waals surface area contributed by atoms with Gasteiger partial charge in [-0.2, -0.15) is 0 Å². The number of amides is 1. The van der Waals surface area contributed by atoms with Crippen molar-refractivity contribution < 1.29 is 19.1 Å². The van der Waals surface area contributed by atoms with Crippen molar-refractivity contribution in [2.45, 2.75) is 26.9 Å². The number of rotatable bonds is 11. The minimum absolute atomic E-state index is 0.00289. The highest BCUT2D eigenvalue weighted by Gasteiger charge is 2.21. The van der Waals surface area contributed by atoms with Crippen LogP contribution in [0.25, 0.3) is 0 Å². The van der Waals surface area contributed by atoms with Crippen molar-refractivity contribution in [3.63, 3.8) is 0 Å². The number of ether oxygens (including phenoxy) is 2. The van der Waals surface area contributed by atoms with Crippen molar-refractivity contribution in [3.8, 4) is 5.75 Å². The van der Waals surface area contributed by atoms with Gasteiger partial charge in [0.1, 0.15) is 5.75 Å². The fourth-order valence-electron chi connectivity index (χ4n) is 3.22. The van der Waals surface area contributed by atoms with Crippen LogP contribution >= 0.6 is 0 Å². The topological polar surface area (TPSA) is 59.1 Å². The molecule has 0 saturated heterocycles. The van der Waals surface area contributed by atoms with Gasteiger partial charge in [0.15, 0.2) is 0 Å². The Kier molecular flexibility index (Phi) is 9.35. The summed E-state index contributed by atoms with van der Waals surface area (Å²) in [6.45, 7) is 6.16. The molecule has 0 aliphatic heterocycles. The molecule has 0 aliphatic rings. The molecule has 162 valence electrons. The molecule has 30 heavy (non-hydrogen) atoms. The van der Waals surface area contributed by atoms with Crippen molar-refractivity contribution in [2.24, 2.45) is 5.92 Å². The molecular formula is C24H32N2O4. The summed E-state index contributed by atoms with van der Waals surface area (Å²) < 4.78 is 10.3. The first-order valence-corrected chi connectivity index (χ1v) is 10.2. The van der Waals surface area contributed by atoms with Gasteiger partial charge in [-0.3, -0.25) is 14.5 Å². The fourth-order valence-corrected chi connectivity index (χ4v) is 3.22. The van der Waals surface area contributed by atoms with E-state index in [-0.39, 0.29) is 24.3 Å². The van der Waals surface area contributed by atoms with Crippen LogP contribution in [0.1, 0.15) is 25.0 Å². The summed E-state index contributed by atoms with van der Waals surface area (Å²) in [6, 6.07) is 17.7. The van der Waals surface area contributed by atoms with Crippen molar-refractivity contribution in [1.82, 2.24) is 9.80 Å². The third kappa shape index (κ3) is 7.52. The maximum Gasteiger partial charge on any atom is 0.309 e. The van der Waals surface area contributed by atoms with Crippen LogP contribution in [0, 0.1) is 5.92 Å². The third-order valence-corrected chi connectivity index (χ3v) is 4.82. The summed E-state index contributed by atoms with van der Waals surface area (Å²) in [5.74, 6) is 0.226. The monoisotopic (exact) mass is 412 g/mol. The highest BCUT2D eigenvalue weighted by Crippen LogP contribution is 2.14. The predicted molar refractivity (Wildman–Crippen MR) is 117 cm³/mol. The standard InChI is InChI=1S/C24H32N2O4/c1-5-30-22-13-11-21(12-14-22)16-25(3)23(27)18-26(15-19(2)24(28)29-4)17-20-9-7-6-8-10-20/h6-14,19H,5,15-18H2,1-4H3. The number of benzene rings is 2. The molecule has 0 saturated carbocycles. The van der Waals surface area contributed by atoms with Crippen LogP contribution < -0.4 is 4.74 Å². The molecule has 6 nitrogen and oxygen atoms in total. The van der Waals surface area contributed by atoms with E-state index in [4.69, 9.17) is 9.47 Å². The molecule has 0 aromatic heterocycles. The van der Waals surface area contributed by atoms with E-state index < -0.39 is 0 Å². The molecule has 1 unspecified atom stereocenters. The van der Waals surface area contributed by atoms with E-state index in [1.807, 2.05) is 73.3 Å². The number of hydrogen-bond donors (Lipinski definition) is 0. The molecule has 0 N–H and O–H groups in total. The number of methoxy groups -OCH3 is 1. The van der Waals surface area contributed by atoms with E-state index in [2.05, 4.69) is 0 Å². The van der Waals surface area contributed by atoms with E-state index in [9.17, 15) is 9.59 Å². The SMILES string of the molecule is CCOc1ccc(CN(C)C(=O)CN(Cc2ccccc2)CC(C)C(=O)OC)cc1. The Balaban J connectivity index is 2.01. The Bertz CT molecular complexity index is 793. The van der Waals surface area contributed by atoms with Gasteiger partial charge in [0.05, 0.1) is 26.2 Å². The van der Waals surface area contributed by atoms with Crippen LogP contribution in [0.2, 0.25) is 0 Å². The fraction of sp³-hybridized carbons (Fsp3) is 0.417. The molecule has 6 heteroatoms. The van der Waals surface area contributed by atoms with Crippen LogP contribution in [0.3, 0.4) is 0 Å². The van der Waals surface area contributed by atoms with Crippen LogP contribution in [0.5, 0.6) is 5.75 Å². The number of carbonyl (C=O) groups excluding carboxylic acids is 2. The van der Waals surface area contributed by atoms with Crippen molar-refractivity contribution in [2.75, 3.05) is 33.9 Å². The van der Waals surface area contributed by atoms with E-state index in [1.54, 1.807) is 11.9 Å². The minimum Gasteiger partial charge on any atom is -0.494 e. The second kappa shape index (κ2) is 12.0. The third-order valence-electron chi connectivity index (χ3n) is 4.82. The van der Waals surface area contributed by atoms with Gasteiger partial charge in [-0.05, 0) is 30.2 Å². The molecule has 0 aliphatic carbocycles. The summed E-state index contributed by atoms with van der Waals surface area (Å²) in [5, 5.41) is 0. The Hall–Kier alpha value is -2.86. The second-order valence-corrected chi connectivity index (χ2v) is 7.41. The molecule has 0 spiro atoms. The van der Waals surface area contributed by atoms with Gasteiger partial charge < -0.3 is 14.4 Å². The summed E-state index contributed by atoms with van der Waals surface area (Å²) in [5.41, 5.74) is 2.13. The molecule has 2 rings (SSSR count). The van der Waals surface area contributed by atoms with Crippen LogP contribution in [-0.2, 0) is 27.4 Å². The lowest BCUT2D eigenvalue weighted by Crippen LogP contribution is -2.40. The summed E-state index contributed by atoms with van der Waals surface area (Å²) in [4.78, 5) is 28.5. The van der Waals surface area contributed by atoms with Crippen LogP contribution in [-0.4, -0.2) is 55.5 Å². The zero-order chi connectivity index (χ0) is 21.9. The maximum atomic E-state index is 12.9.